The fourth-order valence-electron chi connectivity index (χ4n) is 0.950. The van der Waals surface area contributed by atoms with Crippen molar-refractivity contribution >= 4 is 17.3 Å². The standard InChI is InChI=1S/C7H6F3NO2S/c8-7(9,10)4(1-6(12)13)5-2-11-3-14-5/h2-4H,1H2,(H,12,13). The summed E-state index contributed by atoms with van der Waals surface area (Å²) >= 11 is 0.805. The van der Waals surface area contributed by atoms with E-state index in [1.165, 1.54) is 5.51 Å². The Morgan fingerprint density at radius 1 is 1.64 bits per heavy atom. The van der Waals surface area contributed by atoms with Crippen molar-refractivity contribution in [2.24, 2.45) is 0 Å². The Hall–Kier alpha value is -1.11. The molecule has 1 rings (SSSR count). The Labute approximate surface area is 81.2 Å². The maximum Gasteiger partial charge on any atom is 0.397 e. The van der Waals surface area contributed by atoms with E-state index in [0.29, 0.717) is 0 Å². The van der Waals surface area contributed by atoms with Gasteiger partial charge in [0.05, 0.1) is 11.9 Å². The van der Waals surface area contributed by atoms with Crippen LogP contribution in [-0.2, 0) is 4.79 Å². The summed E-state index contributed by atoms with van der Waals surface area (Å²) in [6.45, 7) is 0. The van der Waals surface area contributed by atoms with Crippen LogP contribution in [0.25, 0.3) is 0 Å². The second-order valence-electron chi connectivity index (χ2n) is 2.60. The highest BCUT2D eigenvalue weighted by atomic mass is 32.1. The molecule has 0 saturated carbocycles. The molecular formula is C7H6F3NO2S. The van der Waals surface area contributed by atoms with Gasteiger partial charge in [0.15, 0.2) is 0 Å². The highest BCUT2D eigenvalue weighted by molar-refractivity contribution is 7.09. The first-order valence-electron chi connectivity index (χ1n) is 3.58. The van der Waals surface area contributed by atoms with Gasteiger partial charge in [0.2, 0.25) is 0 Å². The average molecular weight is 225 g/mol. The third-order valence-electron chi connectivity index (χ3n) is 1.57. The number of thiazole rings is 1. The van der Waals surface area contributed by atoms with Crippen molar-refractivity contribution in [2.75, 3.05) is 0 Å². The number of aliphatic carboxylic acids is 1. The van der Waals surface area contributed by atoms with E-state index >= 15 is 0 Å². The third-order valence-corrected chi connectivity index (χ3v) is 2.46. The molecule has 1 aromatic heterocycles. The smallest absolute Gasteiger partial charge is 0.397 e. The first kappa shape index (κ1) is 11.0. The zero-order valence-electron chi connectivity index (χ0n) is 6.78. The molecule has 0 aliphatic carbocycles. The number of aromatic nitrogens is 1. The minimum absolute atomic E-state index is 0.0695. The minimum Gasteiger partial charge on any atom is -0.481 e. The molecule has 0 fully saturated rings. The molecular weight excluding hydrogens is 219 g/mol. The Morgan fingerprint density at radius 3 is 2.64 bits per heavy atom. The molecule has 0 aliphatic rings. The second-order valence-corrected chi connectivity index (χ2v) is 3.51. The molecule has 0 amide bonds. The lowest BCUT2D eigenvalue weighted by atomic mass is 10.0. The molecule has 1 atom stereocenters. The van der Waals surface area contributed by atoms with Gasteiger partial charge >= 0.3 is 12.1 Å². The molecule has 0 spiro atoms. The van der Waals surface area contributed by atoms with Gasteiger partial charge < -0.3 is 5.11 Å². The molecule has 1 N–H and O–H groups in total. The van der Waals surface area contributed by atoms with Gasteiger partial charge in [-0.05, 0) is 0 Å². The van der Waals surface area contributed by atoms with Crippen LogP contribution in [0.15, 0.2) is 11.7 Å². The maximum absolute atomic E-state index is 12.4. The van der Waals surface area contributed by atoms with Crippen molar-refractivity contribution in [1.82, 2.24) is 4.98 Å². The molecule has 0 bridgehead atoms. The Bertz CT molecular complexity index is 309. The summed E-state index contributed by atoms with van der Waals surface area (Å²) < 4.78 is 37.1. The largest absolute Gasteiger partial charge is 0.481 e. The van der Waals surface area contributed by atoms with Gasteiger partial charge in [-0.1, -0.05) is 0 Å². The van der Waals surface area contributed by atoms with Crippen molar-refractivity contribution < 1.29 is 23.1 Å². The van der Waals surface area contributed by atoms with Crippen LogP contribution < -0.4 is 0 Å². The van der Waals surface area contributed by atoms with Crippen LogP contribution in [-0.4, -0.2) is 22.2 Å². The topological polar surface area (TPSA) is 50.2 Å². The predicted molar refractivity (Wildman–Crippen MR) is 43.2 cm³/mol. The number of alkyl halides is 3. The van der Waals surface area contributed by atoms with Gasteiger partial charge in [-0.15, -0.1) is 11.3 Å². The number of halogens is 3. The number of carbonyl (C=O) groups is 1. The number of carboxylic acid groups (broad SMARTS) is 1. The lowest BCUT2D eigenvalue weighted by molar-refractivity contribution is -0.162. The van der Waals surface area contributed by atoms with E-state index < -0.39 is 24.5 Å². The number of hydrogen-bond donors (Lipinski definition) is 1. The van der Waals surface area contributed by atoms with E-state index in [4.69, 9.17) is 5.11 Å². The van der Waals surface area contributed by atoms with E-state index in [2.05, 4.69) is 4.98 Å². The van der Waals surface area contributed by atoms with Crippen molar-refractivity contribution in [1.29, 1.82) is 0 Å². The van der Waals surface area contributed by atoms with Gasteiger partial charge in [-0.3, -0.25) is 9.78 Å². The van der Waals surface area contributed by atoms with Crippen molar-refractivity contribution in [3.05, 3.63) is 16.6 Å². The summed E-state index contributed by atoms with van der Waals surface area (Å²) in [6.07, 6.45) is -4.44. The molecule has 3 nitrogen and oxygen atoms in total. The van der Waals surface area contributed by atoms with Crippen LogP contribution in [0.4, 0.5) is 13.2 Å². The second kappa shape index (κ2) is 3.95. The number of nitrogens with zero attached hydrogens (tertiary/aromatic N) is 1. The summed E-state index contributed by atoms with van der Waals surface area (Å²) in [7, 11) is 0. The summed E-state index contributed by atoms with van der Waals surface area (Å²) in [5, 5.41) is 8.33. The van der Waals surface area contributed by atoms with Crippen LogP contribution in [0, 0.1) is 0 Å². The molecule has 1 aromatic rings. The van der Waals surface area contributed by atoms with Crippen molar-refractivity contribution in [2.45, 2.75) is 18.5 Å². The minimum atomic E-state index is -4.54. The highest BCUT2D eigenvalue weighted by Gasteiger charge is 2.42. The van der Waals surface area contributed by atoms with E-state index in [9.17, 15) is 18.0 Å². The Kier molecular flexibility index (Phi) is 3.10. The Balaban J connectivity index is 2.89. The van der Waals surface area contributed by atoms with E-state index in [1.807, 2.05) is 0 Å². The number of rotatable bonds is 3. The lowest BCUT2D eigenvalue weighted by Gasteiger charge is -2.16. The van der Waals surface area contributed by atoms with Crippen molar-refractivity contribution in [3.8, 4) is 0 Å². The van der Waals surface area contributed by atoms with E-state index in [1.54, 1.807) is 0 Å². The highest BCUT2D eigenvalue weighted by Crippen LogP contribution is 2.38. The lowest BCUT2D eigenvalue weighted by Crippen LogP contribution is -2.22. The average Bonchev–Trinajstić information content (AvgIpc) is 2.49. The van der Waals surface area contributed by atoms with Gasteiger partial charge in [0, 0.05) is 11.1 Å². The molecule has 78 valence electrons. The summed E-state index contributed by atoms with van der Waals surface area (Å²) in [5.74, 6) is -3.42. The quantitative estimate of drug-likeness (QED) is 0.858. The molecule has 14 heavy (non-hydrogen) atoms. The summed E-state index contributed by atoms with van der Waals surface area (Å²) in [4.78, 5) is 13.7. The molecule has 0 aromatic carbocycles. The van der Waals surface area contributed by atoms with Crippen LogP contribution in [0.2, 0.25) is 0 Å². The molecule has 0 saturated heterocycles. The number of hydrogen-bond acceptors (Lipinski definition) is 3. The predicted octanol–water partition coefficient (Wildman–Crippen LogP) is 2.26. The zero-order chi connectivity index (χ0) is 10.8. The number of carboxylic acids is 1. The molecule has 0 aliphatic heterocycles. The fourth-order valence-corrected chi connectivity index (χ4v) is 1.70. The van der Waals surface area contributed by atoms with Gasteiger partial charge in [-0.25, -0.2) is 0 Å². The Morgan fingerprint density at radius 2 is 2.29 bits per heavy atom. The van der Waals surface area contributed by atoms with Crippen LogP contribution >= 0.6 is 11.3 Å². The SMILES string of the molecule is O=C(O)CC(c1cncs1)C(F)(F)F. The van der Waals surface area contributed by atoms with Crippen LogP contribution in [0.3, 0.4) is 0 Å². The normalized spacial score (nSPS) is 13.9. The molecule has 0 radical (unpaired) electrons. The molecule has 1 unspecified atom stereocenters. The molecule has 1 heterocycles. The monoisotopic (exact) mass is 225 g/mol. The van der Waals surface area contributed by atoms with Crippen LogP contribution in [0.1, 0.15) is 17.2 Å². The first-order chi connectivity index (χ1) is 6.41. The third kappa shape index (κ3) is 2.69. The van der Waals surface area contributed by atoms with Gasteiger partial charge in [0.25, 0.3) is 0 Å². The summed E-state index contributed by atoms with van der Waals surface area (Å²) in [6, 6.07) is 0. The van der Waals surface area contributed by atoms with Gasteiger partial charge in [0.1, 0.15) is 5.92 Å². The summed E-state index contributed by atoms with van der Waals surface area (Å²) in [5.41, 5.74) is 1.25. The first-order valence-corrected chi connectivity index (χ1v) is 4.46. The van der Waals surface area contributed by atoms with Crippen molar-refractivity contribution in [3.63, 3.8) is 0 Å². The van der Waals surface area contributed by atoms with Crippen LogP contribution in [0.5, 0.6) is 0 Å². The van der Waals surface area contributed by atoms with E-state index in [0.717, 1.165) is 17.5 Å². The van der Waals surface area contributed by atoms with E-state index in [-0.39, 0.29) is 4.88 Å². The maximum atomic E-state index is 12.4. The van der Waals surface area contributed by atoms with Gasteiger partial charge in [-0.2, -0.15) is 13.2 Å². The fraction of sp³-hybridized carbons (Fsp3) is 0.429. The zero-order valence-corrected chi connectivity index (χ0v) is 7.60. The molecule has 7 heteroatoms.